The van der Waals surface area contributed by atoms with Crippen LogP contribution in [0.5, 0.6) is 0 Å². The number of nitrogens with two attached hydrogens (primary N) is 1. The average Bonchev–Trinajstić information content (AvgIpc) is 2.42. The number of rotatable bonds is 5. The van der Waals surface area contributed by atoms with Crippen molar-refractivity contribution in [1.29, 1.82) is 0 Å². The molecule has 0 amide bonds. The maximum Gasteiger partial charge on any atom is 0.0441 e. The fourth-order valence-electron chi connectivity index (χ4n) is 1.90. The minimum atomic E-state index is 0.795. The van der Waals surface area contributed by atoms with Crippen molar-refractivity contribution in [2.24, 2.45) is 0 Å². The molecule has 0 atom stereocenters. The van der Waals surface area contributed by atoms with E-state index in [1.54, 1.807) is 0 Å². The second-order valence-corrected chi connectivity index (χ2v) is 4.30. The molecule has 0 fully saturated rings. The first-order chi connectivity index (χ1) is 8.81. The van der Waals surface area contributed by atoms with Gasteiger partial charge in [-0.15, -0.1) is 0 Å². The summed E-state index contributed by atoms with van der Waals surface area (Å²) in [7, 11) is 0. The van der Waals surface area contributed by atoms with E-state index in [0.29, 0.717) is 0 Å². The Hall–Kier alpha value is -2.03. The van der Waals surface area contributed by atoms with Crippen LogP contribution in [0.4, 0.5) is 17.1 Å². The zero-order chi connectivity index (χ0) is 12.8. The van der Waals surface area contributed by atoms with Gasteiger partial charge in [-0.05, 0) is 42.8 Å². The fourth-order valence-corrected chi connectivity index (χ4v) is 1.90. The molecule has 2 N–H and O–H groups in total. The standard InChI is InChI=1S/C15H19N3/c1-2-3-12-18(15-8-10-17-11-9-15)14-6-4-13(16)5-7-14/h4-11H,2-3,12,16H2,1H3. The van der Waals surface area contributed by atoms with E-state index in [4.69, 9.17) is 5.73 Å². The molecule has 0 aliphatic carbocycles. The number of aromatic nitrogens is 1. The topological polar surface area (TPSA) is 42.2 Å². The van der Waals surface area contributed by atoms with Gasteiger partial charge in [-0.25, -0.2) is 0 Å². The van der Waals surface area contributed by atoms with E-state index in [-0.39, 0.29) is 0 Å². The number of unbranched alkanes of at least 4 members (excludes halogenated alkanes) is 1. The van der Waals surface area contributed by atoms with Crippen molar-refractivity contribution < 1.29 is 0 Å². The Bertz CT molecular complexity index is 465. The zero-order valence-corrected chi connectivity index (χ0v) is 10.7. The minimum Gasteiger partial charge on any atom is -0.399 e. The van der Waals surface area contributed by atoms with Gasteiger partial charge in [0.05, 0.1) is 0 Å². The van der Waals surface area contributed by atoms with E-state index in [0.717, 1.165) is 18.7 Å². The first-order valence-electron chi connectivity index (χ1n) is 6.34. The summed E-state index contributed by atoms with van der Waals surface area (Å²) in [5, 5.41) is 0. The predicted molar refractivity (Wildman–Crippen MR) is 77.0 cm³/mol. The number of anilines is 3. The van der Waals surface area contributed by atoms with Crippen LogP contribution in [0, 0.1) is 0 Å². The number of hydrogen-bond acceptors (Lipinski definition) is 3. The molecule has 0 unspecified atom stereocenters. The van der Waals surface area contributed by atoms with Crippen LogP contribution in [0.25, 0.3) is 0 Å². The van der Waals surface area contributed by atoms with Crippen LogP contribution in [0.15, 0.2) is 48.8 Å². The normalized spacial score (nSPS) is 10.3. The molecule has 1 aromatic heterocycles. The molecule has 0 aliphatic rings. The van der Waals surface area contributed by atoms with E-state index < -0.39 is 0 Å². The van der Waals surface area contributed by atoms with Gasteiger partial charge in [-0.1, -0.05) is 13.3 Å². The molecule has 0 bridgehead atoms. The molecule has 2 rings (SSSR count). The van der Waals surface area contributed by atoms with Gasteiger partial charge in [-0.2, -0.15) is 0 Å². The molecule has 3 nitrogen and oxygen atoms in total. The SMILES string of the molecule is CCCCN(c1ccncc1)c1ccc(N)cc1. The maximum absolute atomic E-state index is 5.74. The van der Waals surface area contributed by atoms with E-state index in [1.807, 2.05) is 36.7 Å². The van der Waals surface area contributed by atoms with E-state index >= 15 is 0 Å². The lowest BCUT2D eigenvalue weighted by Gasteiger charge is -2.24. The molecule has 94 valence electrons. The molecular weight excluding hydrogens is 222 g/mol. The summed E-state index contributed by atoms with van der Waals surface area (Å²) in [5.74, 6) is 0. The summed E-state index contributed by atoms with van der Waals surface area (Å²) in [5.41, 5.74) is 8.87. The van der Waals surface area contributed by atoms with Gasteiger partial charge in [0.2, 0.25) is 0 Å². The van der Waals surface area contributed by atoms with Crippen molar-refractivity contribution in [2.45, 2.75) is 19.8 Å². The van der Waals surface area contributed by atoms with Crippen molar-refractivity contribution in [3.63, 3.8) is 0 Å². The van der Waals surface area contributed by atoms with E-state index in [1.165, 1.54) is 17.8 Å². The number of nitrogen functional groups attached to an aromatic ring is 1. The molecule has 3 heteroatoms. The maximum atomic E-state index is 5.74. The molecule has 0 radical (unpaired) electrons. The first kappa shape index (κ1) is 12.4. The molecular formula is C15H19N3. The van der Waals surface area contributed by atoms with Crippen LogP contribution < -0.4 is 10.6 Å². The van der Waals surface area contributed by atoms with Crippen LogP contribution in [-0.4, -0.2) is 11.5 Å². The average molecular weight is 241 g/mol. The molecule has 2 aromatic rings. The quantitative estimate of drug-likeness (QED) is 0.813. The van der Waals surface area contributed by atoms with Crippen LogP contribution in [0.3, 0.4) is 0 Å². The Kier molecular flexibility index (Phi) is 4.18. The monoisotopic (exact) mass is 241 g/mol. The predicted octanol–water partition coefficient (Wildman–Crippen LogP) is 3.60. The van der Waals surface area contributed by atoms with Gasteiger partial charge in [0.25, 0.3) is 0 Å². The van der Waals surface area contributed by atoms with Gasteiger partial charge in [0, 0.05) is 36.0 Å². The van der Waals surface area contributed by atoms with Crippen molar-refractivity contribution in [1.82, 2.24) is 4.98 Å². The molecule has 1 aromatic carbocycles. The number of benzene rings is 1. The van der Waals surface area contributed by atoms with Gasteiger partial charge >= 0.3 is 0 Å². The summed E-state index contributed by atoms with van der Waals surface area (Å²) in [4.78, 5) is 6.37. The van der Waals surface area contributed by atoms with Gasteiger partial charge in [0.15, 0.2) is 0 Å². The lowest BCUT2D eigenvalue weighted by Crippen LogP contribution is -2.18. The molecule has 0 spiro atoms. The summed E-state index contributed by atoms with van der Waals surface area (Å²) in [6, 6.07) is 12.1. The fraction of sp³-hybridized carbons (Fsp3) is 0.267. The highest BCUT2D eigenvalue weighted by Gasteiger charge is 2.08. The summed E-state index contributed by atoms with van der Waals surface area (Å²) in [6.07, 6.45) is 5.99. The van der Waals surface area contributed by atoms with Gasteiger partial charge in [-0.3, -0.25) is 4.98 Å². The third kappa shape index (κ3) is 3.00. The molecule has 0 saturated carbocycles. The lowest BCUT2D eigenvalue weighted by atomic mass is 10.2. The van der Waals surface area contributed by atoms with Crippen molar-refractivity contribution in [3.8, 4) is 0 Å². The number of nitrogens with zero attached hydrogens (tertiary/aromatic N) is 2. The second kappa shape index (κ2) is 6.05. The van der Waals surface area contributed by atoms with E-state index in [9.17, 15) is 0 Å². The lowest BCUT2D eigenvalue weighted by molar-refractivity contribution is 0.785. The van der Waals surface area contributed by atoms with Gasteiger partial charge in [0.1, 0.15) is 0 Å². The summed E-state index contributed by atoms with van der Waals surface area (Å²) in [6.45, 7) is 3.21. The molecule has 0 saturated heterocycles. The molecule has 1 heterocycles. The number of hydrogen-bond donors (Lipinski definition) is 1. The highest BCUT2D eigenvalue weighted by atomic mass is 15.1. The molecule has 18 heavy (non-hydrogen) atoms. The highest BCUT2D eigenvalue weighted by Crippen LogP contribution is 2.25. The summed E-state index contributed by atoms with van der Waals surface area (Å²) < 4.78 is 0. The van der Waals surface area contributed by atoms with Crippen LogP contribution in [-0.2, 0) is 0 Å². The Balaban J connectivity index is 2.27. The smallest absolute Gasteiger partial charge is 0.0441 e. The minimum absolute atomic E-state index is 0.795. The van der Waals surface area contributed by atoms with E-state index in [2.05, 4.69) is 28.9 Å². The third-order valence-corrected chi connectivity index (χ3v) is 2.91. The van der Waals surface area contributed by atoms with Crippen molar-refractivity contribution >= 4 is 17.1 Å². The van der Waals surface area contributed by atoms with Crippen LogP contribution in [0.1, 0.15) is 19.8 Å². The zero-order valence-electron chi connectivity index (χ0n) is 10.7. The molecule has 0 aliphatic heterocycles. The highest BCUT2D eigenvalue weighted by molar-refractivity contribution is 5.64. The largest absolute Gasteiger partial charge is 0.399 e. The Morgan fingerprint density at radius 2 is 1.61 bits per heavy atom. The Labute approximate surface area is 108 Å². The third-order valence-electron chi connectivity index (χ3n) is 2.91. The second-order valence-electron chi connectivity index (χ2n) is 4.30. The van der Waals surface area contributed by atoms with Crippen molar-refractivity contribution in [2.75, 3.05) is 17.2 Å². The Morgan fingerprint density at radius 1 is 1.00 bits per heavy atom. The summed E-state index contributed by atoms with van der Waals surface area (Å²) >= 11 is 0. The number of pyridine rings is 1. The van der Waals surface area contributed by atoms with Crippen molar-refractivity contribution in [3.05, 3.63) is 48.8 Å². The Morgan fingerprint density at radius 3 is 2.22 bits per heavy atom. The first-order valence-corrected chi connectivity index (χ1v) is 6.34. The van der Waals surface area contributed by atoms with Crippen LogP contribution >= 0.6 is 0 Å². The van der Waals surface area contributed by atoms with Crippen LogP contribution in [0.2, 0.25) is 0 Å². The van der Waals surface area contributed by atoms with Gasteiger partial charge < -0.3 is 10.6 Å².